The third kappa shape index (κ3) is 4.66. The van der Waals surface area contributed by atoms with Crippen molar-refractivity contribution in [2.24, 2.45) is 4.99 Å². The molecule has 3 aromatic rings. The van der Waals surface area contributed by atoms with Crippen molar-refractivity contribution < 1.29 is 4.74 Å². The molecule has 1 heterocycles. The Morgan fingerprint density at radius 2 is 1.79 bits per heavy atom. The SMILES string of the molecule is COc1cccc(CN2CCC(=NC(c3ccccc3)c3ccccc3N)C2)c1. The highest BCUT2D eigenvalue weighted by molar-refractivity contribution is 5.88. The Morgan fingerprint density at radius 3 is 2.59 bits per heavy atom. The van der Waals surface area contributed by atoms with Gasteiger partial charge in [0.2, 0.25) is 0 Å². The zero-order valence-electron chi connectivity index (χ0n) is 16.8. The molecular weight excluding hydrogens is 358 g/mol. The fourth-order valence-corrected chi connectivity index (χ4v) is 3.87. The summed E-state index contributed by atoms with van der Waals surface area (Å²) in [4.78, 5) is 7.61. The lowest BCUT2D eigenvalue weighted by Gasteiger charge is -2.18. The number of ether oxygens (including phenoxy) is 1. The van der Waals surface area contributed by atoms with E-state index in [1.807, 2.05) is 36.4 Å². The maximum Gasteiger partial charge on any atom is 0.119 e. The molecule has 0 radical (unpaired) electrons. The molecule has 0 aliphatic carbocycles. The van der Waals surface area contributed by atoms with E-state index in [2.05, 4.69) is 47.4 Å². The monoisotopic (exact) mass is 385 g/mol. The standard InChI is InChI=1S/C25H27N3O/c1-29-22-11-7-8-19(16-22)17-28-15-14-21(18-28)27-25(20-9-3-2-4-10-20)23-12-5-6-13-24(23)26/h2-13,16,25H,14-15,17-18,26H2,1H3. The quantitative estimate of drug-likeness (QED) is 0.625. The van der Waals surface area contributed by atoms with Crippen molar-refractivity contribution in [2.75, 3.05) is 25.9 Å². The van der Waals surface area contributed by atoms with E-state index in [1.165, 1.54) is 16.8 Å². The summed E-state index contributed by atoms with van der Waals surface area (Å²) in [5.74, 6) is 0.902. The van der Waals surface area contributed by atoms with E-state index in [4.69, 9.17) is 15.5 Å². The first-order valence-corrected chi connectivity index (χ1v) is 10.0. The van der Waals surface area contributed by atoms with Gasteiger partial charge in [0.15, 0.2) is 0 Å². The molecule has 1 unspecified atom stereocenters. The molecule has 148 valence electrons. The number of rotatable bonds is 6. The van der Waals surface area contributed by atoms with Gasteiger partial charge in [-0.25, -0.2) is 0 Å². The zero-order valence-corrected chi connectivity index (χ0v) is 16.8. The summed E-state index contributed by atoms with van der Waals surface area (Å²) >= 11 is 0. The number of hydrogen-bond donors (Lipinski definition) is 1. The Bertz CT molecular complexity index is 984. The molecule has 4 nitrogen and oxygen atoms in total. The number of hydrogen-bond acceptors (Lipinski definition) is 4. The van der Waals surface area contributed by atoms with Gasteiger partial charge in [-0.2, -0.15) is 0 Å². The highest BCUT2D eigenvalue weighted by Crippen LogP contribution is 2.31. The van der Waals surface area contributed by atoms with Crippen molar-refractivity contribution in [1.29, 1.82) is 0 Å². The van der Waals surface area contributed by atoms with Crippen LogP contribution in [0.1, 0.15) is 29.2 Å². The van der Waals surface area contributed by atoms with Crippen LogP contribution in [0.5, 0.6) is 5.75 Å². The number of likely N-dealkylation sites (tertiary alicyclic amines) is 1. The van der Waals surface area contributed by atoms with Crippen LogP contribution in [-0.2, 0) is 6.54 Å². The van der Waals surface area contributed by atoms with E-state index >= 15 is 0 Å². The molecule has 0 bridgehead atoms. The Balaban J connectivity index is 1.55. The number of aliphatic imine (C=N–C) groups is 1. The molecular formula is C25H27N3O. The van der Waals surface area contributed by atoms with Gasteiger partial charge in [-0.3, -0.25) is 9.89 Å². The minimum absolute atomic E-state index is 0.0656. The molecule has 1 saturated heterocycles. The Hall–Kier alpha value is -3.11. The van der Waals surface area contributed by atoms with Crippen molar-refractivity contribution in [2.45, 2.75) is 19.0 Å². The molecule has 0 amide bonds. The van der Waals surface area contributed by atoms with E-state index in [0.717, 1.165) is 43.1 Å². The van der Waals surface area contributed by atoms with E-state index < -0.39 is 0 Å². The number of nitrogen functional groups attached to an aromatic ring is 1. The average molecular weight is 386 g/mol. The third-order valence-corrected chi connectivity index (χ3v) is 5.38. The lowest BCUT2D eigenvalue weighted by molar-refractivity contribution is 0.339. The molecule has 4 rings (SSSR count). The molecule has 2 N–H and O–H groups in total. The topological polar surface area (TPSA) is 50.8 Å². The molecule has 1 atom stereocenters. The maximum absolute atomic E-state index is 6.30. The van der Waals surface area contributed by atoms with Crippen molar-refractivity contribution in [3.05, 3.63) is 95.6 Å². The number of para-hydroxylation sites is 1. The van der Waals surface area contributed by atoms with Gasteiger partial charge in [-0.15, -0.1) is 0 Å². The summed E-state index contributed by atoms with van der Waals surface area (Å²) in [5.41, 5.74) is 11.8. The largest absolute Gasteiger partial charge is 0.497 e. The minimum Gasteiger partial charge on any atom is -0.497 e. The Kier molecular flexibility index (Phi) is 5.92. The van der Waals surface area contributed by atoms with E-state index in [0.29, 0.717) is 0 Å². The van der Waals surface area contributed by atoms with Crippen LogP contribution in [-0.4, -0.2) is 30.8 Å². The maximum atomic E-state index is 6.30. The number of anilines is 1. The summed E-state index contributed by atoms with van der Waals surface area (Å²) in [7, 11) is 1.71. The Labute approximate surface area is 172 Å². The van der Waals surface area contributed by atoms with Gasteiger partial charge in [0.05, 0.1) is 7.11 Å². The third-order valence-electron chi connectivity index (χ3n) is 5.38. The Morgan fingerprint density at radius 1 is 1.00 bits per heavy atom. The summed E-state index contributed by atoms with van der Waals surface area (Å²) in [6.45, 7) is 2.80. The zero-order chi connectivity index (χ0) is 20.1. The highest BCUT2D eigenvalue weighted by atomic mass is 16.5. The fraction of sp³-hybridized carbons (Fsp3) is 0.240. The number of nitrogens with zero attached hydrogens (tertiary/aromatic N) is 2. The van der Waals surface area contributed by atoms with Crippen LogP contribution >= 0.6 is 0 Å². The van der Waals surface area contributed by atoms with Gasteiger partial charge in [0.1, 0.15) is 11.8 Å². The van der Waals surface area contributed by atoms with Crippen LogP contribution in [0.25, 0.3) is 0 Å². The van der Waals surface area contributed by atoms with Crippen molar-refractivity contribution in [3.8, 4) is 5.75 Å². The van der Waals surface area contributed by atoms with Crippen LogP contribution in [0.15, 0.2) is 83.9 Å². The minimum atomic E-state index is -0.0656. The van der Waals surface area contributed by atoms with Gasteiger partial charge >= 0.3 is 0 Å². The average Bonchev–Trinajstić information content (AvgIpc) is 3.20. The van der Waals surface area contributed by atoms with Gasteiger partial charge in [-0.05, 0) is 35.7 Å². The molecule has 3 aromatic carbocycles. The molecule has 4 heteroatoms. The molecule has 0 spiro atoms. The summed E-state index contributed by atoms with van der Waals surface area (Å²) in [5, 5.41) is 0. The molecule has 1 aliphatic rings. The van der Waals surface area contributed by atoms with Gasteiger partial charge in [0.25, 0.3) is 0 Å². The van der Waals surface area contributed by atoms with Crippen molar-refractivity contribution in [1.82, 2.24) is 4.90 Å². The number of methoxy groups -OCH3 is 1. The highest BCUT2D eigenvalue weighted by Gasteiger charge is 2.22. The number of benzene rings is 3. The molecule has 1 fully saturated rings. The molecule has 1 aliphatic heterocycles. The predicted molar refractivity (Wildman–Crippen MR) is 119 cm³/mol. The van der Waals surface area contributed by atoms with E-state index in [9.17, 15) is 0 Å². The van der Waals surface area contributed by atoms with E-state index in [-0.39, 0.29) is 6.04 Å². The van der Waals surface area contributed by atoms with Crippen LogP contribution in [0.2, 0.25) is 0 Å². The summed E-state index contributed by atoms with van der Waals surface area (Å²) in [6.07, 6.45) is 0.986. The van der Waals surface area contributed by atoms with Crippen molar-refractivity contribution in [3.63, 3.8) is 0 Å². The van der Waals surface area contributed by atoms with Gasteiger partial charge < -0.3 is 10.5 Å². The van der Waals surface area contributed by atoms with Gasteiger partial charge in [-0.1, -0.05) is 60.7 Å². The predicted octanol–water partition coefficient (Wildman–Crippen LogP) is 4.71. The second-order valence-corrected chi connectivity index (χ2v) is 7.45. The summed E-state index contributed by atoms with van der Waals surface area (Å²) in [6, 6.07) is 26.7. The van der Waals surface area contributed by atoms with Crippen LogP contribution in [0.3, 0.4) is 0 Å². The number of nitrogens with two attached hydrogens (primary N) is 1. The molecule has 0 aromatic heterocycles. The molecule has 0 saturated carbocycles. The lowest BCUT2D eigenvalue weighted by Crippen LogP contribution is -2.20. The second kappa shape index (κ2) is 8.93. The fourth-order valence-electron chi connectivity index (χ4n) is 3.87. The van der Waals surface area contributed by atoms with Crippen molar-refractivity contribution >= 4 is 11.4 Å². The smallest absolute Gasteiger partial charge is 0.119 e. The lowest BCUT2D eigenvalue weighted by atomic mass is 9.97. The van der Waals surface area contributed by atoms with Crippen LogP contribution < -0.4 is 10.5 Å². The first kappa shape index (κ1) is 19.2. The normalized spacial score (nSPS) is 16.8. The van der Waals surface area contributed by atoms with Gasteiger partial charge in [0, 0.05) is 36.6 Å². The summed E-state index contributed by atoms with van der Waals surface area (Å²) < 4.78 is 5.35. The first-order valence-electron chi connectivity index (χ1n) is 10.0. The van der Waals surface area contributed by atoms with E-state index in [1.54, 1.807) is 7.11 Å². The second-order valence-electron chi connectivity index (χ2n) is 7.45. The van der Waals surface area contributed by atoms with Crippen LogP contribution in [0.4, 0.5) is 5.69 Å². The first-order chi connectivity index (χ1) is 14.2. The van der Waals surface area contributed by atoms with Crippen LogP contribution in [0, 0.1) is 0 Å². The molecule has 29 heavy (non-hydrogen) atoms.